The van der Waals surface area contributed by atoms with Crippen LogP contribution in [0.2, 0.25) is 0 Å². The Kier molecular flexibility index (Phi) is 5.85. The lowest BCUT2D eigenvalue weighted by molar-refractivity contribution is 0.0601. The van der Waals surface area contributed by atoms with Crippen molar-refractivity contribution in [1.29, 1.82) is 5.26 Å². The van der Waals surface area contributed by atoms with Crippen molar-refractivity contribution >= 4 is 17.3 Å². The molecule has 0 radical (unpaired) electrons. The summed E-state index contributed by atoms with van der Waals surface area (Å²) in [7, 11) is 1.34. The lowest BCUT2D eigenvalue weighted by Crippen LogP contribution is -2.30. The van der Waals surface area contributed by atoms with Crippen LogP contribution in [0.4, 0.5) is 11.4 Å². The van der Waals surface area contributed by atoms with Crippen LogP contribution in [-0.4, -0.2) is 26.2 Å². The van der Waals surface area contributed by atoms with E-state index >= 15 is 0 Å². The Balaban J connectivity index is 3.17. The van der Waals surface area contributed by atoms with E-state index in [0.717, 1.165) is 12.2 Å². The molecule has 0 bridgehead atoms. The summed E-state index contributed by atoms with van der Waals surface area (Å²) >= 11 is 0. The molecular weight excluding hydrogens is 254 g/mol. The van der Waals surface area contributed by atoms with E-state index in [1.54, 1.807) is 18.2 Å². The van der Waals surface area contributed by atoms with Gasteiger partial charge in [-0.1, -0.05) is 13.8 Å². The van der Waals surface area contributed by atoms with Crippen LogP contribution >= 0.6 is 0 Å². The van der Waals surface area contributed by atoms with E-state index in [1.807, 2.05) is 4.90 Å². The summed E-state index contributed by atoms with van der Waals surface area (Å²) in [5, 5.41) is 8.78. The average Bonchev–Trinajstić information content (AvgIpc) is 2.42. The molecular formula is C15H21N3O2. The smallest absolute Gasteiger partial charge is 0.340 e. The van der Waals surface area contributed by atoms with Crippen LogP contribution in [-0.2, 0) is 4.74 Å². The van der Waals surface area contributed by atoms with Crippen LogP contribution in [0.25, 0.3) is 0 Å². The average molecular weight is 275 g/mol. The van der Waals surface area contributed by atoms with Crippen molar-refractivity contribution in [2.75, 3.05) is 30.8 Å². The van der Waals surface area contributed by atoms with Gasteiger partial charge in [0, 0.05) is 18.8 Å². The number of carbonyl (C=O) groups is 1. The molecule has 20 heavy (non-hydrogen) atoms. The number of esters is 1. The summed E-state index contributed by atoms with van der Waals surface area (Å²) in [6.45, 7) is 5.52. The van der Waals surface area contributed by atoms with Crippen molar-refractivity contribution in [3.05, 3.63) is 23.8 Å². The number of carbonyl (C=O) groups excluding carboxylic acids is 1. The molecule has 0 unspecified atom stereocenters. The first-order valence-electron chi connectivity index (χ1n) is 6.59. The Morgan fingerprint density at radius 3 is 2.75 bits per heavy atom. The minimum atomic E-state index is -0.419. The van der Waals surface area contributed by atoms with Crippen molar-refractivity contribution < 1.29 is 9.53 Å². The first kappa shape index (κ1) is 15.8. The third-order valence-electron chi connectivity index (χ3n) is 2.85. The van der Waals surface area contributed by atoms with Gasteiger partial charge in [0.2, 0.25) is 0 Å². The largest absolute Gasteiger partial charge is 0.465 e. The van der Waals surface area contributed by atoms with Gasteiger partial charge in [0.25, 0.3) is 0 Å². The molecule has 0 fully saturated rings. The van der Waals surface area contributed by atoms with Crippen LogP contribution in [0.3, 0.4) is 0 Å². The zero-order chi connectivity index (χ0) is 15.1. The van der Waals surface area contributed by atoms with Crippen molar-refractivity contribution in [3.8, 4) is 6.07 Å². The number of nitrogen functional groups attached to an aromatic ring is 1. The maximum absolute atomic E-state index is 11.9. The number of ether oxygens (including phenoxy) is 1. The minimum absolute atomic E-state index is 0.401. The van der Waals surface area contributed by atoms with Crippen molar-refractivity contribution in [3.63, 3.8) is 0 Å². The molecule has 0 saturated carbocycles. The summed E-state index contributed by atoms with van der Waals surface area (Å²) < 4.78 is 4.81. The fourth-order valence-corrected chi connectivity index (χ4v) is 2.04. The quantitative estimate of drug-likeness (QED) is 0.637. The lowest BCUT2D eigenvalue weighted by atomic mass is 10.1. The standard InChI is InChI=1S/C15H21N3O2/c1-11(2)10-18(8-4-7-16)14-6-5-12(17)9-13(14)15(19)20-3/h5-6,9,11H,4,8,10,17H2,1-3H3. The molecule has 0 aliphatic carbocycles. The van der Waals surface area contributed by atoms with E-state index in [2.05, 4.69) is 19.9 Å². The number of nitriles is 1. The first-order valence-corrected chi connectivity index (χ1v) is 6.59. The number of methoxy groups -OCH3 is 1. The molecule has 1 aromatic carbocycles. The summed E-state index contributed by atoms with van der Waals surface area (Å²) in [5.41, 5.74) is 7.45. The Morgan fingerprint density at radius 1 is 1.50 bits per heavy atom. The van der Waals surface area contributed by atoms with Gasteiger partial charge >= 0.3 is 5.97 Å². The zero-order valence-electron chi connectivity index (χ0n) is 12.2. The summed E-state index contributed by atoms with van der Waals surface area (Å²) in [5.74, 6) is -0.00485. The van der Waals surface area contributed by atoms with Gasteiger partial charge in [-0.15, -0.1) is 0 Å². The van der Waals surface area contributed by atoms with E-state index < -0.39 is 5.97 Å². The van der Waals surface area contributed by atoms with Gasteiger partial charge in [-0.2, -0.15) is 5.26 Å². The monoisotopic (exact) mass is 275 g/mol. The fourth-order valence-electron chi connectivity index (χ4n) is 2.04. The van der Waals surface area contributed by atoms with E-state index in [-0.39, 0.29) is 0 Å². The molecule has 1 rings (SSSR count). The van der Waals surface area contributed by atoms with Crippen LogP contribution in [0.1, 0.15) is 30.6 Å². The van der Waals surface area contributed by atoms with E-state index in [0.29, 0.717) is 30.1 Å². The third-order valence-corrected chi connectivity index (χ3v) is 2.85. The molecule has 0 aliphatic heterocycles. The molecule has 0 aromatic heterocycles. The molecule has 108 valence electrons. The van der Waals surface area contributed by atoms with Crippen LogP contribution in [0, 0.1) is 17.2 Å². The Hall–Kier alpha value is -2.22. The second-order valence-corrected chi connectivity index (χ2v) is 5.02. The minimum Gasteiger partial charge on any atom is -0.465 e. The second-order valence-electron chi connectivity index (χ2n) is 5.02. The lowest BCUT2D eigenvalue weighted by Gasteiger charge is -2.27. The van der Waals surface area contributed by atoms with E-state index in [9.17, 15) is 4.79 Å². The number of nitrogens with zero attached hydrogens (tertiary/aromatic N) is 2. The maximum Gasteiger partial charge on any atom is 0.340 e. The normalized spacial score (nSPS) is 10.2. The van der Waals surface area contributed by atoms with Crippen LogP contribution in [0.5, 0.6) is 0 Å². The Bertz CT molecular complexity index is 506. The van der Waals surface area contributed by atoms with Gasteiger partial charge in [0.1, 0.15) is 0 Å². The summed E-state index contributed by atoms with van der Waals surface area (Å²) in [4.78, 5) is 13.9. The highest BCUT2D eigenvalue weighted by molar-refractivity contribution is 5.97. The van der Waals surface area contributed by atoms with E-state index in [4.69, 9.17) is 15.7 Å². The molecule has 0 amide bonds. The highest BCUT2D eigenvalue weighted by Gasteiger charge is 2.18. The summed E-state index contributed by atoms with van der Waals surface area (Å²) in [6, 6.07) is 7.30. The number of hydrogen-bond acceptors (Lipinski definition) is 5. The number of benzene rings is 1. The van der Waals surface area contributed by atoms with Gasteiger partial charge in [0.15, 0.2) is 0 Å². The second kappa shape index (κ2) is 7.39. The number of hydrogen-bond donors (Lipinski definition) is 1. The molecule has 0 heterocycles. The number of nitrogens with two attached hydrogens (primary N) is 1. The SMILES string of the molecule is COC(=O)c1cc(N)ccc1N(CCC#N)CC(C)C. The van der Waals surface area contributed by atoms with Gasteiger partial charge in [-0.05, 0) is 24.1 Å². The molecule has 0 aliphatic rings. The molecule has 0 atom stereocenters. The summed E-state index contributed by atoms with van der Waals surface area (Å²) in [6.07, 6.45) is 0.401. The fraction of sp³-hybridized carbons (Fsp3) is 0.467. The van der Waals surface area contributed by atoms with E-state index in [1.165, 1.54) is 7.11 Å². The number of rotatable bonds is 6. The van der Waals surface area contributed by atoms with Gasteiger partial charge in [-0.3, -0.25) is 0 Å². The predicted molar refractivity (Wildman–Crippen MR) is 79.5 cm³/mol. The molecule has 2 N–H and O–H groups in total. The zero-order valence-corrected chi connectivity index (χ0v) is 12.2. The Labute approximate surface area is 119 Å². The molecule has 0 saturated heterocycles. The maximum atomic E-state index is 11.9. The van der Waals surface area contributed by atoms with Gasteiger partial charge < -0.3 is 15.4 Å². The molecule has 5 nitrogen and oxygen atoms in total. The molecule has 5 heteroatoms. The first-order chi connectivity index (χ1) is 9.49. The van der Waals surface area contributed by atoms with Crippen molar-refractivity contribution in [1.82, 2.24) is 0 Å². The topological polar surface area (TPSA) is 79.3 Å². The Morgan fingerprint density at radius 2 is 2.20 bits per heavy atom. The van der Waals surface area contributed by atoms with Crippen LogP contribution < -0.4 is 10.6 Å². The molecule has 1 aromatic rings. The highest BCUT2D eigenvalue weighted by Crippen LogP contribution is 2.25. The van der Waals surface area contributed by atoms with Gasteiger partial charge in [-0.25, -0.2) is 4.79 Å². The predicted octanol–water partition coefficient (Wildman–Crippen LogP) is 2.43. The number of anilines is 2. The molecule has 0 spiro atoms. The van der Waals surface area contributed by atoms with Crippen molar-refractivity contribution in [2.45, 2.75) is 20.3 Å². The third kappa shape index (κ3) is 4.16. The van der Waals surface area contributed by atoms with Crippen molar-refractivity contribution in [2.24, 2.45) is 5.92 Å². The highest BCUT2D eigenvalue weighted by atomic mass is 16.5. The van der Waals surface area contributed by atoms with Crippen LogP contribution in [0.15, 0.2) is 18.2 Å². The van der Waals surface area contributed by atoms with Gasteiger partial charge in [0.05, 0.1) is 30.9 Å².